The summed E-state index contributed by atoms with van der Waals surface area (Å²) in [6.45, 7) is 0. The van der Waals surface area contributed by atoms with E-state index in [4.69, 9.17) is 24.9 Å². The van der Waals surface area contributed by atoms with Gasteiger partial charge in [-0.3, -0.25) is 9.97 Å². The predicted molar refractivity (Wildman–Crippen MR) is 269 cm³/mol. The van der Waals surface area contributed by atoms with Crippen LogP contribution in [0.2, 0.25) is 0 Å². The van der Waals surface area contributed by atoms with E-state index in [0.29, 0.717) is 5.82 Å². The fourth-order valence-electron chi connectivity index (χ4n) is 8.76. The molecule has 0 unspecified atom stereocenters. The molecule has 0 saturated heterocycles. The maximum atomic E-state index is 5.49. The Kier molecular flexibility index (Phi) is 9.73. The van der Waals surface area contributed by atoms with Gasteiger partial charge in [0.2, 0.25) is 0 Å². The molecule has 6 heteroatoms. The van der Waals surface area contributed by atoms with Gasteiger partial charge in [0.15, 0.2) is 5.82 Å². The summed E-state index contributed by atoms with van der Waals surface area (Å²) in [5, 5.41) is 0.947. The van der Waals surface area contributed by atoms with Crippen molar-refractivity contribution < 1.29 is 0 Å². The van der Waals surface area contributed by atoms with Crippen LogP contribution in [0.3, 0.4) is 0 Å². The summed E-state index contributed by atoms with van der Waals surface area (Å²) in [6, 6.07) is 75.8. The quantitative estimate of drug-likeness (QED) is 0.152. The summed E-state index contributed by atoms with van der Waals surface area (Å²) in [5.41, 5.74) is 19.4. The van der Waals surface area contributed by atoms with Gasteiger partial charge in [0.05, 0.1) is 57.1 Å². The average Bonchev–Trinajstić information content (AvgIpc) is 3.40. The van der Waals surface area contributed by atoms with E-state index in [0.717, 1.165) is 111 Å². The molecule has 9 aromatic carbocycles. The minimum atomic E-state index is 0.623. The maximum Gasteiger partial charge on any atom is 0.160 e. The first kappa shape index (κ1) is 38.7. The number of hydrogen-bond acceptors (Lipinski definition) is 6. The number of nitrogens with zero attached hydrogens (tertiary/aromatic N) is 6. The third-order valence-corrected chi connectivity index (χ3v) is 12.2. The van der Waals surface area contributed by atoms with Crippen molar-refractivity contribution in [3.8, 4) is 89.7 Å². The molecule has 0 spiro atoms. The first-order valence-corrected chi connectivity index (χ1v) is 22.0. The topological polar surface area (TPSA) is 77.3 Å². The molecule has 12 aromatic rings. The third-order valence-electron chi connectivity index (χ3n) is 12.2. The molecule has 0 N–H and O–H groups in total. The molecule has 308 valence electrons. The molecular weight excluding hydrogens is 805 g/mol. The molecule has 0 atom stereocenters. The van der Waals surface area contributed by atoms with Gasteiger partial charge in [-0.25, -0.2) is 19.9 Å². The molecule has 0 amide bonds. The molecule has 3 aromatic heterocycles. The lowest BCUT2D eigenvalue weighted by Crippen LogP contribution is -1.98. The van der Waals surface area contributed by atoms with Crippen LogP contribution < -0.4 is 0 Å². The Balaban J connectivity index is 1.06. The van der Waals surface area contributed by atoms with Gasteiger partial charge >= 0.3 is 0 Å². The van der Waals surface area contributed by atoms with Crippen LogP contribution in [-0.2, 0) is 0 Å². The van der Waals surface area contributed by atoms with Crippen molar-refractivity contribution in [2.24, 2.45) is 0 Å². The summed E-state index contributed by atoms with van der Waals surface area (Å²) >= 11 is 0. The van der Waals surface area contributed by atoms with E-state index in [-0.39, 0.29) is 0 Å². The summed E-state index contributed by atoms with van der Waals surface area (Å²) in [7, 11) is 0. The normalized spacial score (nSPS) is 11.3. The van der Waals surface area contributed by atoms with Crippen molar-refractivity contribution in [1.82, 2.24) is 29.9 Å². The Hall–Kier alpha value is -9.00. The smallest absolute Gasteiger partial charge is 0.160 e. The van der Waals surface area contributed by atoms with Gasteiger partial charge in [-0.2, -0.15) is 0 Å². The third kappa shape index (κ3) is 7.42. The zero-order valence-corrected chi connectivity index (χ0v) is 35.6. The lowest BCUT2D eigenvalue weighted by molar-refractivity contribution is 1.23. The number of rotatable bonds is 8. The molecule has 3 heterocycles. The molecule has 0 bridgehead atoms. The first-order valence-electron chi connectivity index (χ1n) is 22.0. The number of benzene rings is 9. The Morgan fingerprint density at radius 2 is 0.697 bits per heavy atom. The fraction of sp³-hybridized carbons (Fsp3) is 0. The number of fused-ring (bicyclic) bond motifs is 3. The summed E-state index contributed by atoms with van der Waals surface area (Å²) in [6.07, 6.45) is 3.67. The van der Waals surface area contributed by atoms with Crippen LogP contribution in [0, 0.1) is 0 Å². The number of hydrogen-bond donors (Lipinski definition) is 0. The molecule has 0 aliphatic rings. The van der Waals surface area contributed by atoms with Crippen molar-refractivity contribution in [3.05, 3.63) is 231 Å². The fourth-order valence-corrected chi connectivity index (χ4v) is 8.76. The van der Waals surface area contributed by atoms with Crippen LogP contribution in [0.25, 0.3) is 123 Å². The lowest BCUT2D eigenvalue weighted by Gasteiger charge is -2.17. The highest BCUT2D eigenvalue weighted by Gasteiger charge is 2.19. The SMILES string of the molecule is c1ccc(-c2cccc(-c3cc(-c4cccc(-c5ccccc5)c4)c4nc(-c5ccc(-c6cnc7ccccc7n6)cc5)nc(-c5ccc(-c6cnc7ccccc7n6)cc5)c4c3)c2)cc1. The number of aromatic nitrogens is 6. The van der Waals surface area contributed by atoms with E-state index in [2.05, 4.69) is 175 Å². The Labute approximate surface area is 381 Å². The molecule has 0 aliphatic heterocycles. The average molecular weight is 843 g/mol. The second-order valence-corrected chi connectivity index (χ2v) is 16.4. The van der Waals surface area contributed by atoms with Gasteiger partial charge in [0.1, 0.15) is 0 Å². The lowest BCUT2D eigenvalue weighted by atomic mass is 9.91. The predicted octanol–water partition coefficient (Wildman–Crippen LogP) is 14.9. The minimum absolute atomic E-state index is 0.623. The van der Waals surface area contributed by atoms with Crippen LogP contribution in [-0.4, -0.2) is 29.9 Å². The van der Waals surface area contributed by atoms with Crippen LogP contribution in [0.4, 0.5) is 0 Å². The highest BCUT2D eigenvalue weighted by molar-refractivity contribution is 6.05. The van der Waals surface area contributed by atoms with Gasteiger partial charge in [0, 0.05) is 33.2 Å². The molecular formula is C60H38N6. The molecule has 0 fully saturated rings. The van der Waals surface area contributed by atoms with Gasteiger partial charge in [-0.15, -0.1) is 0 Å². The summed E-state index contributed by atoms with van der Waals surface area (Å²) in [4.78, 5) is 30.2. The second kappa shape index (κ2) is 16.6. The van der Waals surface area contributed by atoms with Crippen LogP contribution >= 0.6 is 0 Å². The minimum Gasteiger partial charge on any atom is -0.252 e. The standard InChI is InChI=1S/C60H38N6/c1-3-13-39(14-4-1)45-17-11-19-47(33-45)49-35-50(48-20-12-18-46(34-48)40-15-5-2-6-16-40)59-51(36-49)58(43-29-25-41(26-30-43)56-37-61-52-21-7-9-23-54(52)63-56)65-60(66-59)44-31-27-42(28-32-44)57-38-62-53-22-8-10-24-55(53)64-57/h1-38H. The maximum absolute atomic E-state index is 5.49. The summed E-state index contributed by atoms with van der Waals surface area (Å²) < 4.78 is 0. The highest BCUT2D eigenvalue weighted by Crippen LogP contribution is 2.41. The van der Waals surface area contributed by atoms with E-state index in [9.17, 15) is 0 Å². The van der Waals surface area contributed by atoms with E-state index < -0.39 is 0 Å². The van der Waals surface area contributed by atoms with Crippen molar-refractivity contribution >= 4 is 33.0 Å². The number of para-hydroxylation sites is 4. The zero-order valence-electron chi connectivity index (χ0n) is 35.6. The van der Waals surface area contributed by atoms with Gasteiger partial charge in [-0.05, 0) is 87.5 Å². The second-order valence-electron chi connectivity index (χ2n) is 16.4. The Morgan fingerprint density at radius 3 is 1.26 bits per heavy atom. The van der Waals surface area contributed by atoms with Crippen molar-refractivity contribution in [1.29, 1.82) is 0 Å². The van der Waals surface area contributed by atoms with Crippen LogP contribution in [0.15, 0.2) is 231 Å². The Morgan fingerprint density at radius 1 is 0.258 bits per heavy atom. The molecule has 0 saturated carbocycles. The highest BCUT2D eigenvalue weighted by atomic mass is 14.9. The van der Waals surface area contributed by atoms with Gasteiger partial charge < -0.3 is 0 Å². The van der Waals surface area contributed by atoms with Crippen LogP contribution in [0.1, 0.15) is 0 Å². The molecule has 6 nitrogen and oxygen atoms in total. The monoisotopic (exact) mass is 842 g/mol. The largest absolute Gasteiger partial charge is 0.252 e. The van der Waals surface area contributed by atoms with E-state index in [1.165, 1.54) is 5.56 Å². The van der Waals surface area contributed by atoms with Crippen molar-refractivity contribution in [2.45, 2.75) is 0 Å². The van der Waals surface area contributed by atoms with E-state index >= 15 is 0 Å². The molecule has 0 aliphatic carbocycles. The van der Waals surface area contributed by atoms with Crippen molar-refractivity contribution in [3.63, 3.8) is 0 Å². The first-order chi connectivity index (χ1) is 32.7. The van der Waals surface area contributed by atoms with Gasteiger partial charge in [-0.1, -0.05) is 170 Å². The molecule has 12 rings (SSSR count). The van der Waals surface area contributed by atoms with Crippen LogP contribution in [0.5, 0.6) is 0 Å². The van der Waals surface area contributed by atoms with Gasteiger partial charge in [0.25, 0.3) is 0 Å². The van der Waals surface area contributed by atoms with Crippen molar-refractivity contribution in [2.75, 3.05) is 0 Å². The Bertz CT molecular complexity index is 3740. The summed E-state index contributed by atoms with van der Waals surface area (Å²) in [5.74, 6) is 0.623. The molecule has 0 radical (unpaired) electrons. The molecule has 66 heavy (non-hydrogen) atoms. The zero-order chi connectivity index (χ0) is 43.8. The van der Waals surface area contributed by atoms with E-state index in [1.807, 2.05) is 60.9 Å². The van der Waals surface area contributed by atoms with E-state index in [1.54, 1.807) is 0 Å².